The molecule has 2 saturated carbocycles. The van der Waals surface area contributed by atoms with E-state index in [4.69, 9.17) is 15.5 Å². The van der Waals surface area contributed by atoms with E-state index in [0.717, 1.165) is 66.5 Å². The van der Waals surface area contributed by atoms with Gasteiger partial charge in [0.05, 0.1) is 23.9 Å². The lowest BCUT2D eigenvalue weighted by molar-refractivity contribution is 0.0700. The second kappa shape index (κ2) is 9.79. The summed E-state index contributed by atoms with van der Waals surface area (Å²) in [5.41, 5.74) is 10.3. The highest BCUT2D eigenvalue weighted by Crippen LogP contribution is 2.41. The van der Waals surface area contributed by atoms with E-state index < -0.39 is 17.4 Å². The van der Waals surface area contributed by atoms with E-state index in [2.05, 4.69) is 4.57 Å². The molecule has 44 heavy (non-hydrogen) atoms. The van der Waals surface area contributed by atoms with Crippen molar-refractivity contribution in [3.05, 3.63) is 65.7 Å². The molecule has 2 aliphatic carbocycles. The maximum Gasteiger partial charge on any atom is 0.254 e. The van der Waals surface area contributed by atoms with Gasteiger partial charge in [-0.25, -0.2) is 13.8 Å². The molecule has 3 atom stereocenters. The number of aromatic nitrogens is 3. The fourth-order valence-electron chi connectivity index (χ4n) is 7.45. The van der Waals surface area contributed by atoms with Crippen LogP contribution in [-0.4, -0.2) is 55.8 Å². The Kier molecular flexibility index (Phi) is 6.03. The molecule has 2 unspecified atom stereocenters. The Labute approximate surface area is 252 Å². The normalized spacial score (nSPS) is 21.2. The van der Waals surface area contributed by atoms with Crippen molar-refractivity contribution >= 4 is 27.8 Å². The van der Waals surface area contributed by atoms with Crippen LogP contribution in [0.2, 0.25) is 0 Å². The van der Waals surface area contributed by atoms with Gasteiger partial charge in [-0.2, -0.15) is 0 Å². The van der Waals surface area contributed by atoms with Crippen LogP contribution in [0.1, 0.15) is 36.0 Å². The van der Waals surface area contributed by atoms with Gasteiger partial charge in [-0.1, -0.05) is 12.1 Å². The third kappa shape index (κ3) is 4.11. The minimum atomic E-state index is -0.820. The molecule has 0 spiro atoms. The maximum atomic E-state index is 14.8. The number of amides is 1. The summed E-state index contributed by atoms with van der Waals surface area (Å²) in [6.07, 6.45) is 4.23. The van der Waals surface area contributed by atoms with Gasteiger partial charge in [0.15, 0.2) is 5.82 Å². The van der Waals surface area contributed by atoms with E-state index in [9.17, 15) is 18.7 Å². The molecular formula is C34H33F2N5O3. The van der Waals surface area contributed by atoms with Crippen LogP contribution in [0.15, 0.2) is 48.5 Å². The zero-order valence-electron chi connectivity index (χ0n) is 24.6. The van der Waals surface area contributed by atoms with E-state index in [-0.39, 0.29) is 23.6 Å². The molecule has 10 heteroatoms. The van der Waals surface area contributed by atoms with Gasteiger partial charge in [0, 0.05) is 60.8 Å². The lowest BCUT2D eigenvalue weighted by Gasteiger charge is -2.27. The van der Waals surface area contributed by atoms with E-state index in [1.165, 1.54) is 0 Å². The molecule has 2 bridgehead atoms. The maximum absolute atomic E-state index is 14.8. The molecule has 8 nitrogen and oxygen atoms in total. The first-order chi connectivity index (χ1) is 21.2. The Morgan fingerprint density at radius 2 is 1.84 bits per heavy atom. The molecule has 3 fully saturated rings. The van der Waals surface area contributed by atoms with Crippen LogP contribution in [0.25, 0.3) is 44.6 Å². The molecule has 3 aliphatic rings. The Balaban J connectivity index is 1.25. The van der Waals surface area contributed by atoms with Gasteiger partial charge in [-0.05, 0) is 67.3 Å². The number of carbonyl (C=O) groups is 1. The molecular weight excluding hydrogens is 564 g/mol. The van der Waals surface area contributed by atoms with Gasteiger partial charge >= 0.3 is 0 Å². The lowest BCUT2D eigenvalue weighted by atomic mass is 10.0. The summed E-state index contributed by atoms with van der Waals surface area (Å²) in [4.78, 5) is 20.6. The number of imidazole rings is 1. The average molecular weight is 598 g/mol. The number of hydrogen-bond acceptors (Lipinski definition) is 5. The first-order valence-corrected chi connectivity index (χ1v) is 15.1. The number of fused-ring (bicyclic) bond motifs is 4. The number of aryl methyl sites for hydroxylation is 1. The van der Waals surface area contributed by atoms with Gasteiger partial charge in [-0.15, -0.1) is 0 Å². The first-order valence-electron chi connectivity index (χ1n) is 15.1. The number of phenols is 1. The number of nitrogens with zero attached hydrogens (tertiary/aromatic N) is 4. The van der Waals surface area contributed by atoms with E-state index >= 15 is 0 Å². The monoisotopic (exact) mass is 597 g/mol. The zero-order valence-corrected chi connectivity index (χ0v) is 24.6. The number of phenolic OH excluding ortho intramolecular Hbond substituents is 1. The van der Waals surface area contributed by atoms with Gasteiger partial charge in [0.2, 0.25) is 0 Å². The number of rotatable bonds is 6. The number of nitrogens with two attached hydrogens (primary N) is 1. The molecule has 3 heterocycles. The first kappa shape index (κ1) is 27.1. The van der Waals surface area contributed by atoms with Crippen LogP contribution < -0.4 is 10.5 Å². The van der Waals surface area contributed by atoms with Gasteiger partial charge in [0.1, 0.15) is 28.7 Å². The highest BCUT2D eigenvalue weighted by atomic mass is 19.1. The molecule has 8 rings (SSSR count). The van der Waals surface area contributed by atoms with Crippen LogP contribution in [0.4, 0.5) is 8.78 Å². The minimum absolute atomic E-state index is 0.0296. The quantitative estimate of drug-likeness (QED) is 0.257. The van der Waals surface area contributed by atoms with Crippen molar-refractivity contribution in [3.8, 4) is 34.1 Å². The molecule has 226 valence electrons. The summed E-state index contributed by atoms with van der Waals surface area (Å²) >= 11 is 0. The van der Waals surface area contributed by atoms with Crippen molar-refractivity contribution in [2.75, 3.05) is 13.7 Å². The predicted molar refractivity (Wildman–Crippen MR) is 163 cm³/mol. The number of hydrogen-bond donors (Lipinski definition) is 2. The number of methoxy groups -OCH3 is 1. The summed E-state index contributed by atoms with van der Waals surface area (Å²) in [5.74, 6) is -0.0287. The number of piperidine rings is 1. The number of carbonyl (C=O) groups excluding carboxylic acids is 1. The molecule has 2 aromatic heterocycles. The van der Waals surface area contributed by atoms with Crippen molar-refractivity contribution in [3.63, 3.8) is 0 Å². The van der Waals surface area contributed by atoms with E-state index in [0.29, 0.717) is 46.6 Å². The Bertz CT molecular complexity index is 1970. The van der Waals surface area contributed by atoms with Crippen molar-refractivity contribution in [2.45, 2.75) is 44.3 Å². The number of benzene rings is 3. The van der Waals surface area contributed by atoms with Crippen LogP contribution in [0.5, 0.6) is 11.5 Å². The van der Waals surface area contributed by atoms with Crippen LogP contribution in [0.3, 0.4) is 0 Å². The average Bonchev–Trinajstić information content (AvgIpc) is 3.40. The smallest absolute Gasteiger partial charge is 0.254 e. The Morgan fingerprint density at radius 1 is 1.07 bits per heavy atom. The van der Waals surface area contributed by atoms with Gasteiger partial charge in [-0.3, -0.25) is 4.79 Å². The third-order valence-electron chi connectivity index (χ3n) is 9.90. The largest absolute Gasteiger partial charge is 0.508 e. The predicted octanol–water partition coefficient (Wildman–Crippen LogP) is 5.83. The van der Waals surface area contributed by atoms with Crippen molar-refractivity contribution in [2.24, 2.45) is 24.6 Å². The van der Waals surface area contributed by atoms with Crippen molar-refractivity contribution < 1.29 is 23.4 Å². The van der Waals surface area contributed by atoms with E-state index in [1.807, 2.05) is 34.7 Å². The standard InChI is InChI=1S/C34H33F2N5O3/c1-39-32-25(9-21(12-29(32)44-2)34(43)41-16-20-7-8-26(41)31(20)37)38-33(39)28-10-18-5-6-19(11-27(18)40(28)15-17-3-4-17)30-23(35)13-22(42)14-24(30)36/h5-6,9-14,17,20,26,31,42H,3-4,7-8,15-16,37H2,1-2H3/t20?,26?,31-/m1/s1. The zero-order chi connectivity index (χ0) is 30.4. The van der Waals surface area contributed by atoms with Crippen LogP contribution in [-0.2, 0) is 13.6 Å². The molecule has 3 aromatic carbocycles. The summed E-state index contributed by atoms with van der Waals surface area (Å²) in [5, 5.41) is 10.6. The summed E-state index contributed by atoms with van der Waals surface area (Å²) in [7, 11) is 3.52. The molecule has 1 saturated heterocycles. The molecule has 1 amide bonds. The fourth-order valence-corrected chi connectivity index (χ4v) is 7.45. The lowest BCUT2D eigenvalue weighted by Crippen LogP contribution is -2.41. The number of likely N-dealkylation sites (tertiary alicyclic amines) is 1. The van der Waals surface area contributed by atoms with Crippen LogP contribution >= 0.6 is 0 Å². The highest BCUT2D eigenvalue weighted by molar-refractivity contribution is 6.00. The van der Waals surface area contributed by atoms with Crippen molar-refractivity contribution in [1.29, 1.82) is 0 Å². The number of ether oxygens (including phenoxy) is 1. The summed E-state index contributed by atoms with van der Waals surface area (Å²) in [6, 6.07) is 13.0. The third-order valence-corrected chi connectivity index (χ3v) is 9.90. The summed E-state index contributed by atoms with van der Waals surface area (Å²) < 4.78 is 39.6. The second-order valence-corrected chi connectivity index (χ2v) is 12.6. The molecule has 5 aromatic rings. The number of aromatic hydroxyl groups is 1. The van der Waals surface area contributed by atoms with Crippen molar-refractivity contribution in [1.82, 2.24) is 19.0 Å². The van der Waals surface area contributed by atoms with Gasteiger partial charge < -0.3 is 29.6 Å². The number of halogens is 2. The second-order valence-electron chi connectivity index (χ2n) is 12.6. The topological polar surface area (TPSA) is 98.5 Å². The molecule has 1 aliphatic heterocycles. The van der Waals surface area contributed by atoms with E-state index in [1.54, 1.807) is 25.3 Å². The molecule has 0 radical (unpaired) electrons. The van der Waals surface area contributed by atoms with Crippen LogP contribution in [0, 0.1) is 23.5 Å². The minimum Gasteiger partial charge on any atom is -0.508 e. The SMILES string of the molecule is COc1cc(C(=O)N2CC3CCC2[C@@H]3N)cc2nc(-c3cc4ccc(-c5c(F)cc(O)cc5F)cc4n3CC3CC3)n(C)c12. The molecule has 3 N–H and O–H groups in total. The Morgan fingerprint density at radius 3 is 2.50 bits per heavy atom. The van der Waals surface area contributed by atoms with Gasteiger partial charge in [0.25, 0.3) is 5.91 Å². The summed E-state index contributed by atoms with van der Waals surface area (Å²) in [6.45, 7) is 1.42. The fraction of sp³-hybridized carbons (Fsp3) is 0.353. The Hall–Kier alpha value is -4.44. The highest BCUT2D eigenvalue weighted by Gasteiger charge is 2.47.